The quantitative estimate of drug-likeness (QED) is 0.130. The average Bonchev–Trinajstić information content (AvgIpc) is 3.03. The molecule has 0 aliphatic carbocycles. The molecule has 4 aromatic rings. The summed E-state index contributed by atoms with van der Waals surface area (Å²) in [5.41, 5.74) is 1.60. The highest BCUT2D eigenvalue weighted by atomic mass is 35.5. The topological polar surface area (TPSA) is 67.2 Å². The van der Waals surface area contributed by atoms with Crippen molar-refractivity contribution in [3.63, 3.8) is 0 Å². The molecule has 1 aliphatic rings. The van der Waals surface area contributed by atoms with Gasteiger partial charge in [-0.2, -0.15) is 13.2 Å². The molecular weight excluding hydrogens is 626 g/mol. The number of piperidine rings is 1. The first kappa shape index (κ1) is 33.2. The summed E-state index contributed by atoms with van der Waals surface area (Å²) in [7, 11) is 1.47. The Bertz CT molecular complexity index is 1630. The number of hydrogen-bond donors (Lipinski definition) is 1. The number of rotatable bonds is 11. The third kappa shape index (κ3) is 8.34. The summed E-state index contributed by atoms with van der Waals surface area (Å²) in [6, 6.07) is 22.7. The van der Waals surface area contributed by atoms with Crippen LogP contribution < -0.4 is 0 Å². The summed E-state index contributed by atoms with van der Waals surface area (Å²) in [6.45, 7) is 2.45. The molecule has 6 nitrogen and oxygen atoms in total. The van der Waals surface area contributed by atoms with E-state index in [1.54, 1.807) is 24.3 Å². The second-order valence-corrected chi connectivity index (χ2v) is 12.0. The second-order valence-electron chi connectivity index (χ2n) is 11.2. The minimum Gasteiger partial charge on any atom is -0.399 e. The van der Waals surface area contributed by atoms with Crippen molar-refractivity contribution in [3.05, 3.63) is 111 Å². The first-order chi connectivity index (χ1) is 21.6. The number of alkyl halides is 3. The molecule has 0 radical (unpaired) electrons. The molecule has 45 heavy (non-hydrogen) atoms. The maximum atomic E-state index is 13.2. The van der Waals surface area contributed by atoms with Gasteiger partial charge in [-0.3, -0.25) is 0 Å². The number of oxime groups is 1. The fourth-order valence-corrected chi connectivity index (χ4v) is 6.05. The van der Waals surface area contributed by atoms with Gasteiger partial charge in [0.05, 0.1) is 40.1 Å². The monoisotopic (exact) mass is 659 g/mol. The van der Waals surface area contributed by atoms with Crippen molar-refractivity contribution in [1.29, 1.82) is 0 Å². The lowest BCUT2D eigenvalue weighted by Crippen LogP contribution is -2.43. The van der Waals surface area contributed by atoms with Crippen molar-refractivity contribution in [1.82, 2.24) is 9.88 Å². The molecule has 2 heterocycles. The molecule has 1 N–H and O–H groups in total. The second kappa shape index (κ2) is 14.5. The molecule has 0 spiro atoms. The van der Waals surface area contributed by atoms with Gasteiger partial charge >= 0.3 is 6.18 Å². The van der Waals surface area contributed by atoms with Crippen molar-refractivity contribution in [2.45, 2.75) is 43.6 Å². The van der Waals surface area contributed by atoms with Gasteiger partial charge in [-0.05, 0) is 66.8 Å². The van der Waals surface area contributed by atoms with Crippen molar-refractivity contribution in [2.75, 3.05) is 33.4 Å². The lowest BCUT2D eigenvalue weighted by Gasteiger charge is -2.39. The number of halogens is 5. The smallest absolute Gasteiger partial charge is 0.399 e. The average molecular weight is 661 g/mol. The van der Waals surface area contributed by atoms with E-state index in [0.717, 1.165) is 36.8 Å². The van der Waals surface area contributed by atoms with Crippen LogP contribution in [-0.2, 0) is 28.0 Å². The molecule has 1 aliphatic heterocycles. The van der Waals surface area contributed by atoms with Crippen LogP contribution in [-0.4, -0.2) is 54.1 Å². The van der Waals surface area contributed by atoms with Gasteiger partial charge in [-0.15, -0.1) is 0 Å². The third-order valence-electron chi connectivity index (χ3n) is 8.25. The summed E-state index contributed by atoms with van der Waals surface area (Å²) in [5, 5.41) is 17.1. The lowest BCUT2D eigenvalue weighted by molar-refractivity contribution is -0.140. The summed E-state index contributed by atoms with van der Waals surface area (Å²) >= 11 is 12.6. The van der Waals surface area contributed by atoms with Crippen LogP contribution in [0.15, 0.2) is 84.0 Å². The van der Waals surface area contributed by atoms with Crippen molar-refractivity contribution in [3.8, 4) is 0 Å². The Balaban J connectivity index is 1.28. The predicted octanol–water partition coefficient (Wildman–Crippen LogP) is 8.24. The maximum Gasteiger partial charge on any atom is 0.433 e. The zero-order valence-corrected chi connectivity index (χ0v) is 26.2. The number of benzene rings is 3. The number of ether oxygens (including phenoxy) is 1. The van der Waals surface area contributed by atoms with Crippen LogP contribution in [0.25, 0.3) is 10.9 Å². The van der Waals surface area contributed by atoms with E-state index < -0.39 is 17.5 Å². The van der Waals surface area contributed by atoms with E-state index in [-0.39, 0.29) is 24.6 Å². The first-order valence-electron chi connectivity index (χ1n) is 14.7. The summed E-state index contributed by atoms with van der Waals surface area (Å²) in [4.78, 5) is 11.3. The third-order valence-corrected chi connectivity index (χ3v) is 8.99. The number of likely N-dealkylation sites (tertiary alicyclic amines) is 1. The van der Waals surface area contributed by atoms with E-state index in [4.69, 9.17) is 32.8 Å². The van der Waals surface area contributed by atoms with E-state index in [0.29, 0.717) is 46.0 Å². The molecular formula is C34H34Cl2F3N3O3. The molecule has 0 saturated carbocycles. The highest BCUT2D eigenvalue weighted by molar-refractivity contribution is 6.42. The van der Waals surface area contributed by atoms with Crippen LogP contribution in [0.5, 0.6) is 0 Å². The molecule has 1 atom stereocenters. The fourth-order valence-electron chi connectivity index (χ4n) is 5.74. The van der Waals surface area contributed by atoms with Crippen LogP contribution in [0.1, 0.15) is 47.6 Å². The molecule has 1 aromatic heterocycles. The number of aliphatic hydroxyl groups is 1. The Morgan fingerprint density at radius 1 is 1.00 bits per heavy atom. The largest absolute Gasteiger partial charge is 0.433 e. The highest BCUT2D eigenvalue weighted by Gasteiger charge is 2.34. The molecule has 3 aromatic carbocycles. The van der Waals surface area contributed by atoms with Crippen molar-refractivity contribution < 1.29 is 27.9 Å². The number of aromatic nitrogens is 1. The van der Waals surface area contributed by atoms with E-state index in [2.05, 4.69) is 15.0 Å². The Hall–Kier alpha value is -3.21. The minimum atomic E-state index is -4.52. The minimum absolute atomic E-state index is 0.112. The molecule has 5 rings (SSSR count). The molecule has 1 unspecified atom stereocenters. The standard InChI is InChI=1S/C34H34Cl2F3N3O3/c1-44-41-31(22-45-21-23-7-8-24-10-12-32(34(37,38)39)40-30(24)19-23)27(25-9-11-28(35)29(36)20-25)13-16-42-17-14-33(43,15-18-42)26-5-3-2-4-6-26/h2-12,19-20,27,43H,13-18,21-22H2,1H3/b41-31-. The van der Waals surface area contributed by atoms with E-state index in [1.807, 2.05) is 42.5 Å². The van der Waals surface area contributed by atoms with Gasteiger partial charge in [0.15, 0.2) is 0 Å². The normalized spacial score (nSPS) is 16.6. The number of fused-ring (bicyclic) bond motifs is 1. The lowest BCUT2D eigenvalue weighted by atomic mass is 9.84. The summed E-state index contributed by atoms with van der Waals surface area (Å²) in [6.07, 6.45) is -2.60. The summed E-state index contributed by atoms with van der Waals surface area (Å²) in [5.74, 6) is -0.220. The first-order valence-corrected chi connectivity index (χ1v) is 15.4. The van der Waals surface area contributed by atoms with Crippen LogP contribution in [0.3, 0.4) is 0 Å². The molecule has 238 valence electrons. The molecule has 1 saturated heterocycles. The van der Waals surface area contributed by atoms with Crippen LogP contribution in [0.2, 0.25) is 10.0 Å². The van der Waals surface area contributed by atoms with E-state index in [9.17, 15) is 18.3 Å². The zero-order chi connectivity index (χ0) is 32.0. The van der Waals surface area contributed by atoms with Crippen LogP contribution >= 0.6 is 23.2 Å². The molecule has 0 bridgehead atoms. The number of pyridine rings is 1. The molecule has 11 heteroatoms. The molecule has 0 amide bonds. The van der Waals surface area contributed by atoms with Gasteiger partial charge in [0.2, 0.25) is 0 Å². The van der Waals surface area contributed by atoms with Gasteiger partial charge in [0.1, 0.15) is 12.8 Å². The zero-order valence-electron chi connectivity index (χ0n) is 24.7. The Morgan fingerprint density at radius 3 is 2.42 bits per heavy atom. The van der Waals surface area contributed by atoms with Crippen LogP contribution in [0, 0.1) is 0 Å². The van der Waals surface area contributed by atoms with Gasteiger partial charge < -0.3 is 19.6 Å². The predicted molar refractivity (Wildman–Crippen MR) is 171 cm³/mol. The van der Waals surface area contributed by atoms with Crippen molar-refractivity contribution in [2.24, 2.45) is 5.16 Å². The Morgan fingerprint density at radius 2 is 1.73 bits per heavy atom. The SMILES string of the molecule is CO/N=C(/COCc1ccc2ccc(C(F)(F)F)nc2c1)C(CCN1CCC(O)(c2ccccc2)CC1)c1ccc(Cl)c(Cl)c1. The maximum absolute atomic E-state index is 13.2. The van der Waals surface area contributed by atoms with Gasteiger partial charge in [0.25, 0.3) is 0 Å². The highest BCUT2D eigenvalue weighted by Crippen LogP contribution is 2.34. The Kier molecular flexibility index (Phi) is 10.7. The Labute approximate surface area is 270 Å². The number of nitrogens with zero attached hydrogens (tertiary/aromatic N) is 3. The van der Waals surface area contributed by atoms with E-state index >= 15 is 0 Å². The molecule has 1 fully saturated rings. The van der Waals surface area contributed by atoms with Crippen LogP contribution in [0.4, 0.5) is 13.2 Å². The summed E-state index contributed by atoms with van der Waals surface area (Å²) < 4.78 is 45.6. The number of hydrogen-bond acceptors (Lipinski definition) is 6. The van der Waals surface area contributed by atoms with Gasteiger partial charge in [-0.1, -0.05) is 83.0 Å². The van der Waals surface area contributed by atoms with E-state index in [1.165, 1.54) is 13.2 Å². The van der Waals surface area contributed by atoms with Crippen molar-refractivity contribution >= 4 is 39.8 Å². The fraction of sp³-hybridized carbons (Fsp3) is 0.353. The van der Waals surface area contributed by atoms with Gasteiger partial charge in [0, 0.05) is 24.4 Å². The van der Waals surface area contributed by atoms with Gasteiger partial charge in [-0.25, -0.2) is 4.98 Å².